The number of anilines is 1. The molecule has 0 aliphatic carbocycles. The maximum absolute atomic E-state index is 11.8. The molecule has 1 amide bonds. The van der Waals surface area contributed by atoms with E-state index in [9.17, 15) is 4.79 Å². The molecule has 1 rings (SSSR count). The van der Waals surface area contributed by atoms with Crippen LogP contribution in [0.25, 0.3) is 0 Å². The quantitative estimate of drug-likeness (QED) is 0.894. The van der Waals surface area contributed by atoms with Gasteiger partial charge in [-0.3, -0.25) is 4.79 Å². The van der Waals surface area contributed by atoms with Crippen LogP contribution in [0.3, 0.4) is 0 Å². The van der Waals surface area contributed by atoms with Crippen LogP contribution in [-0.4, -0.2) is 25.7 Å². The standard InChI is InChI=1S/C12H17BrN2O2/c1-7-4-9(5-8(2)11(7)13)15-12(16)10(6-14)17-3/h4-5,10H,6,14H2,1-3H3,(H,15,16). The number of amides is 1. The van der Waals surface area contributed by atoms with Crippen LogP contribution >= 0.6 is 15.9 Å². The fraction of sp³-hybridized carbons (Fsp3) is 0.417. The van der Waals surface area contributed by atoms with Gasteiger partial charge < -0.3 is 15.8 Å². The summed E-state index contributed by atoms with van der Waals surface area (Å²) >= 11 is 3.48. The van der Waals surface area contributed by atoms with Gasteiger partial charge in [0.15, 0.2) is 0 Å². The molecule has 0 spiro atoms. The van der Waals surface area contributed by atoms with Crippen molar-refractivity contribution in [1.29, 1.82) is 0 Å². The Bertz CT molecular complexity index is 394. The smallest absolute Gasteiger partial charge is 0.254 e. The predicted molar refractivity (Wildman–Crippen MR) is 72.1 cm³/mol. The van der Waals surface area contributed by atoms with Crippen molar-refractivity contribution in [2.24, 2.45) is 5.73 Å². The number of benzene rings is 1. The summed E-state index contributed by atoms with van der Waals surface area (Å²) < 4.78 is 6.02. The van der Waals surface area contributed by atoms with E-state index in [2.05, 4.69) is 21.2 Å². The topological polar surface area (TPSA) is 64.3 Å². The van der Waals surface area contributed by atoms with Gasteiger partial charge in [-0.1, -0.05) is 15.9 Å². The number of hydrogen-bond acceptors (Lipinski definition) is 3. The van der Waals surface area contributed by atoms with E-state index in [1.165, 1.54) is 7.11 Å². The number of nitrogens with two attached hydrogens (primary N) is 1. The SMILES string of the molecule is COC(CN)C(=O)Nc1cc(C)c(Br)c(C)c1. The number of ether oxygens (including phenoxy) is 1. The Morgan fingerprint density at radius 3 is 2.41 bits per heavy atom. The van der Waals surface area contributed by atoms with E-state index < -0.39 is 6.10 Å². The third kappa shape index (κ3) is 3.52. The van der Waals surface area contributed by atoms with E-state index in [0.29, 0.717) is 0 Å². The Hall–Kier alpha value is -0.910. The Morgan fingerprint density at radius 2 is 2.00 bits per heavy atom. The minimum atomic E-state index is -0.612. The normalized spacial score (nSPS) is 12.3. The van der Waals surface area contributed by atoms with Crippen LogP contribution in [0.15, 0.2) is 16.6 Å². The van der Waals surface area contributed by atoms with Gasteiger partial charge in [-0.15, -0.1) is 0 Å². The fourth-order valence-electron chi connectivity index (χ4n) is 1.55. The third-order valence-electron chi connectivity index (χ3n) is 2.50. The molecular formula is C12H17BrN2O2. The van der Waals surface area contributed by atoms with Crippen LogP contribution in [0, 0.1) is 13.8 Å². The van der Waals surface area contributed by atoms with Gasteiger partial charge in [0.2, 0.25) is 0 Å². The summed E-state index contributed by atoms with van der Waals surface area (Å²) in [5.41, 5.74) is 8.32. The lowest BCUT2D eigenvalue weighted by molar-refractivity contribution is -0.125. The first-order valence-electron chi connectivity index (χ1n) is 5.30. The van der Waals surface area contributed by atoms with Gasteiger partial charge in [0, 0.05) is 23.8 Å². The second-order valence-electron chi connectivity index (χ2n) is 3.87. The van der Waals surface area contributed by atoms with Crippen molar-refractivity contribution in [1.82, 2.24) is 0 Å². The molecule has 0 fully saturated rings. The summed E-state index contributed by atoms with van der Waals surface area (Å²) in [6.07, 6.45) is -0.612. The zero-order valence-corrected chi connectivity index (χ0v) is 11.8. The van der Waals surface area contributed by atoms with E-state index in [0.717, 1.165) is 21.3 Å². The Balaban J connectivity index is 2.85. The summed E-state index contributed by atoms with van der Waals surface area (Å²) in [5.74, 6) is -0.226. The summed E-state index contributed by atoms with van der Waals surface area (Å²) in [7, 11) is 1.47. The molecule has 1 aromatic carbocycles. The summed E-state index contributed by atoms with van der Waals surface area (Å²) in [4.78, 5) is 11.8. The summed E-state index contributed by atoms with van der Waals surface area (Å²) in [6.45, 7) is 4.11. The molecule has 0 heterocycles. The Morgan fingerprint density at radius 1 is 1.47 bits per heavy atom. The highest BCUT2D eigenvalue weighted by molar-refractivity contribution is 9.10. The van der Waals surface area contributed by atoms with E-state index in [1.807, 2.05) is 26.0 Å². The number of rotatable bonds is 4. The molecule has 0 bridgehead atoms. The first-order chi connectivity index (χ1) is 7.99. The van der Waals surface area contributed by atoms with Crippen LogP contribution in [0.2, 0.25) is 0 Å². The number of hydrogen-bond donors (Lipinski definition) is 2. The zero-order chi connectivity index (χ0) is 13.0. The average molecular weight is 301 g/mol. The van der Waals surface area contributed by atoms with Gasteiger partial charge in [-0.05, 0) is 37.1 Å². The van der Waals surface area contributed by atoms with E-state index in [-0.39, 0.29) is 12.5 Å². The van der Waals surface area contributed by atoms with Gasteiger partial charge in [-0.25, -0.2) is 0 Å². The monoisotopic (exact) mass is 300 g/mol. The number of carbonyl (C=O) groups is 1. The lowest BCUT2D eigenvalue weighted by atomic mass is 10.1. The highest BCUT2D eigenvalue weighted by Crippen LogP contribution is 2.25. The predicted octanol–water partition coefficient (Wildman–Crippen LogP) is 1.98. The first-order valence-corrected chi connectivity index (χ1v) is 6.09. The van der Waals surface area contributed by atoms with Crippen LogP contribution in [0.1, 0.15) is 11.1 Å². The molecule has 0 saturated heterocycles. The van der Waals surface area contributed by atoms with E-state index >= 15 is 0 Å². The van der Waals surface area contributed by atoms with Crippen molar-refractivity contribution in [2.75, 3.05) is 19.0 Å². The average Bonchev–Trinajstić information content (AvgIpc) is 2.27. The number of halogens is 1. The van der Waals surface area contributed by atoms with Crippen molar-refractivity contribution in [3.63, 3.8) is 0 Å². The van der Waals surface area contributed by atoms with Crippen molar-refractivity contribution < 1.29 is 9.53 Å². The number of aryl methyl sites for hydroxylation is 2. The molecule has 1 unspecified atom stereocenters. The van der Waals surface area contributed by atoms with Gasteiger partial charge in [-0.2, -0.15) is 0 Å². The molecule has 5 heteroatoms. The zero-order valence-electron chi connectivity index (χ0n) is 10.2. The highest BCUT2D eigenvalue weighted by Gasteiger charge is 2.16. The largest absolute Gasteiger partial charge is 0.370 e. The molecular weight excluding hydrogens is 284 g/mol. The summed E-state index contributed by atoms with van der Waals surface area (Å²) in [6, 6.07) is 3.80. The molecule has 0 aliphatic heterocycles. The number of nitrogens with one attached hydrogen (secondary N) is 1. The van der Waals surface area contributed by atoms with Crippen LogP contribution in [-0.2, 0) is 9.53 Å². The maximum atomic E-state index is 11.8. The second-order valence-corrected chi connectivity index (χ2v) is 4.67. The molecule has 0 radical (unpaired) electrons. The van der Waals surface area contributed by atoms with Gasteiger partial charge >= 0.3 is 0 Å². The molecule has 94 valence electrons. The molecule has 3 N–H and O–H groups in total. The van der Waals surface area contributed by atoms with Gasteiger partial charge in [0.05, 0.1) is 0 Å². The van der Waals surface area contributed by atoms with Crippen molar-refractivity contribution in [3.05, 3.63) is 27.7 Å². The molecule has 1 atom stereocenters. The lowest BCUT2D eigenvalue weighted by Gasteiger charge is -2.14. The third-order valence-corrected chi connectivity index (χ3v) is 3.75. The van der Waals surface area contributed by atoms with Gasteiger partial charge in [0.25, 0.3) is 5.91 Å². The Labute approximate surface area is 110 Å². The highest BCUT2D eigenvalue weighted by atomic mass is 79.9. The first kappa shape index (κ1) is 14.2. The number of methoxy groups -OCH3 is 1. The molecule has 0 aliphatic rings. The van der Waals surface area contributed by atoms with Crippen molar-refractivity contribution >= 4 is 27.5 Å². The molecule has 0 aromatic heterocycles. The molecule has 1 aromatic rings. The molecule has 4 nitrogen and oxygen atoms in total. The van der Waals surface area contributed by atoms with E-state index in [4.69, 9.17) is 10.5 Å². The minimum absolute atomic E-state index is 0.164. The molecule has 17 heavy (non-hydrogen) atoms. The van der Waals surface area contributed by atoms with Crippen LogP contribution in [0.4, 0.5) is 5.69 Å². The van der Waals surface area contributed by atoms with Crippen molar-refractivity contribution in [2.45, 2.75) is 20.0 Å². The van der Waals surface area contributed by atoms with Crippen LogP contribution in [0.5, 0.6) is 0 Å². The Kier molecular flexibility index (Phi) is 5.11. The van der Waals surface area contributed by atoms with E-state index in [1.54, 1.807) is 0 Å². The fourth-order valence-corrected chi connectivity index (χ4v) is 1.78. The minimum Gasteiger partial charge on any atom is -0.370 e. The second kappa shape index (κ2) is 6.14. The van der Waals surface area contributed by atoms with Crippen LogP contribution < -0.4 is 11.1 Å². The molecule has 0 saturated carbocycles. The van der Waals surface area contributed by atoms with Gasteiger partial charge in [0.1, 0.15) is 6.10 Å². The number of carbonyl (C=O) groups excluding carboxylic acids is 1. The lowest BCUT2D eigenvalue weighted by Crippen LogP contribution is -2.35. The summed E-state index contributed by atoms with van der Waals surface area (Å²) in [5, 5.41) is 2.79. The van der Waals surface area contributed by atoms with Crippen molar-refractivity contribution in [3.8, 4) is 0 Å². The maximum Gasteiger partial charge on any atom is 0.254 e.